The van der Waals surface area contributed by atoms with Crippen molar-refractivity contribution in [2.45, 2.75) is 6.92 Å². The van der Waals surface area contributed by atoms with Crippen molar-refractivity contribution in [3.8, 4) is 11.5 Å². The quantitative estimate of drug-likeness (QED) is 0.740. The minimum atomic E-state index is 0.0176. The van der Waals surface area contributed by atoms with Crippen molar-refractivity contribution in [2.24, 2.45) is 0 Å². The van der Waals surface area contributed by atoms with Gasteiger partial charge in [0.15, 0.2) is 5.75 Å². The minimum absolute atomic E-state index is 0.0176. The molecule has 2 aromatic rings. The summed E-state index contributed by atoms with van der Waals surface area (Å²) in [6.07, 6.45) is 0. The fraction of sp³-hybridized carbons (Fsp3) is 0.286. The van der Waals surface area contributed by atoms with Crippen LogP contribution in [0.15, 0.2) is 36.4 Å². The highest BCUT2D eigenvalue weighted by Crippen LogP contribution is 2.24. The first-order valence-electron chi connectivity index (χ1n) is 5.71. The van der Waals surface area contributed by atoms with E-state index >= 15 is 0 Å². The average Bonchev–Trinajstić information content (AvgIpc) is 2.34. The van der Waals surface area contributed by atoms with Gasteiger partial charge in [0.2, 0.25) is 0 Å². The molecule has 0 N–H and O–H groups in total. The average molecular weight is 231 g/mol. The predicted molar refractivity (Wildman–Crippen MR) is 66.1 cm³/mol. The van der Waals surface area contributed by atoms with Gasteiger partial charge in [-0.15, -0.1) is 0 Å². The fourth-order valence-electron chi connectivity index (χ4n) is 1.66. The highest BCUT2D eigenvalue weighted by molar-refractivity contribution is 5.85. The molecule has 3 nitrogen and oxygen atoms in total. The highest BCUT2D eigenvalue weighted by Gasteiger charge is 1.99. The molecule has 0 heterocycles. The number of ether oxygens (including phenoxy) is 2. The SMILES string of the molecule is CCOCCOc1ccc2ccc([O])cc2c1. The number of benzene rings is 2. The third-order valence-corrected chi connectivity index (χ3v) is 2.48. The van der Waals surface area contributed by atoms with Crippen LogP contribution < -0.4 is 4.74 Å². The van der Waals surface area contributed by atoms with E-state index in [-0.39, 0.29) is 5.75 Å². The molecule has 1 radical (unpaired) electrons. The monoisotopic (exact) mass is 231 g/mol. The summed E-state index contributed by atoms with van der Waals surface area (Å²) in [6.45, 7) is 3.75. The van der Waals surface area contributed by atoms with Crippen LogP contribution in [0.5, 0.6) is 11.5 Å². The summed E-state index contributed by atoms with van der Waals surface area (Å²) in [6, 6.07) is 10.7. The van der Waals surface area contributed by atoms with E-state index < -0.39 is 0 Å². The maximum absolute atomic E-state index is 11.2. The molecule has 0 aliphatic rings. The van der Waals surface area contributed by atoms with Crippen LogP contribution in [-0.4, -0.2) is 19.8 Å². The Morgan fingerprint density at radius 2 is 1.82 bits per heavy atom. The first-order valence-corrected chi connectivity index (χ1v) is 5.71. The summed E-state index contributed by atoms with van der Waals surface area (Å²) in [5, 5.41) is 13.2. The second-order valence-electron chi connectivity index (χ2n) is 3.72. The first kappa shape index (κ1) is 11.7. The zero-order chi connectivity index (χ0) is 12.1. The maximum atomic E-state index is 11.2. The van der Waals surface area contributed by atoms with Crippen molar-refractivity contribution in [3.63, 3.8) is 0 Å². The van der Waals surface area contributed by atoms with Crippen molar-refractivity contribution in [2.75, 3.05) is 19.8 Å². The van der Waals surface area contributed by atoms with Gasteiger partial charge in [0.25, 0.3) is 0 Å². The van der Waals surface area contributed by atoms with Crippen molar-refractivity contribution >= 4 is 10.8 Å². The highest BCUT2D eigenvalue weighted by atomic mass is 16.5. The maximum Gasteiger partial charge on any atom is 0.179 e. The Kier molecular flexibility index (Phi) is 3.83. The van der Waals surface area contributed by atoms with Crippen LogP contribution in [0, 0.1) is 0 Å². The van der Waals surface area contributed by atoms with E-state index in [1.807, 2.05) is 31.2 Å². The molecule has 2 aromatic carbocycles. The summed E-state index contributed by atoms with van der Waals surface area (Å²) < 4.78 is 10.7. The van der Waals surface area contributed by atoms with Crippen molar-refractivity contribution in [3.05, 3.63) is 36.4 Å². The van der Waals surface area contributed by atoms with Crippen LogP contribution in [0.3, 0.4) is 0 Å². The van der Waals surface area contributed by atoms with E-state index in [9.17, 15) is 5.11 Å². The Morgan fingerprint density at radius 3 is 2.65 bits per heavy atom. The summed E-state index contributed by atoms with van der Waals surface area (Å²) in [4.78, 5) is 0. The Labute approximate surface area is 101 Å². The summed E-state index contributed by atoms with van der Waals surface area (Å²) >= 11 is 0. The number of hydrogen-bond donors (Lipinski definition) is 0. The number of hydrogen-bond acceptors (Lipinski definition) is 2. The third kappa shape index (κ3) is 3.11. The Morgan fingerprint density at radius 1 is 1.00 bits per heavy atom. The second-order valence-corrected chi connectivity index (χ2v) is 3.72. The van der Waals surface area contributed by atoms with Gasteiger partial charge >= 0.3 is 0 Å². The van der Waals surface area contributed by atoms with Crippen LogP contribution in [0.1, 0.15) is 6.92 Å². The van der Waals surface area contributed by atoms with Gasteiger partial charge in [-0.2, -0.15) is 0 Å². The fourth-order valence-corrected chi connectivity index (χ4v) is 1.66. The number of rotatable bonds is 5. The molecule has 0 bridgehead atoms. The Hall–Kier alpha value is -1.74. The predicted octanol–water partition coefficient (Wildman–Crippen LogP) is 3.40. The molecular formula is C14H15O3. The summed E-state index contributed by atoms with van der Waals surface area (Å²) in [5.74, 6) is 0.784. The summed E-state index contributed by atoms with van der Waals surface area (Å²) in [7, 11) is 0. The molecule has 0 fully saturated rings. The van der Waals surface area contributed by atoms with E-state index in [0.29, 0.717) is 19.8 Å². The van der Waals surface area contributed by atoms with Crippen LogP contribution in [0.25, 0.3) is 10.8 Å². The molecule has 17 heavy (non-hydrogen) atoms. The van der Waals surface area contributed by atoms with E-state index in [1.54, 1.807) is 12.1 Å². The van der Waals surface area contributed by atoms with Gasteiger partial charge < -0.3 is 9.47 Å². The van der Waals surface area contributed by atoms with Gasteiger partial charge in [-0.25, -0.2) is 0 Å². The third-order valence-electron chi connectivity index (χ3n) is 2.48. The molecule has 0 aromatic heterocycles. The van der Waals surface area contributed by atoms with Crippen molar-refractivity contribution in [1.82, 2.24) is 0 Å². The lowest BCUT2D eigenvalue weighted by Gasteiger charge is -2.07. The zero-order valence-corrected chi connectivity index (χ0v) is 9.81. The van der Waals surface area contributed by atoms with E-state index in [1.165, 1.54) is 0 Å². The van der Waals surface area contributed by atoms with Gasteiger partial charge in [0, 0.05) is 6.61 Å². The molecule has 2 rings (SSSR count). The smallest absolute Gasteiger partial charge is 0.179 e. The summed E-state index contributed by atoms with van der Waals surface area (Å²) in [5.41, 5.74) is 0. The minimum Gasteiger partial charge on any atom is -0.491 e. The molecule has 0 aliphatic heterocycles. The molecule has 0 aliphatic carbocycles. The Bertz CT molecular complexity index is 494. The van der Waals surface area contributed by atoms with Gasteiger partial charge in [0.05, 0.1) is 6.61 Å². The Balaban J connectivity index is 2.08. The topological polar surface area (TPSA) is 38.4 Å². The van der Waals surface area contributed by atoms with Gasteiger partial charge in [-0.3, -0.25) is 5.11 Å². The molecule has 0 saturated heterocycles. The zero-order valence-electron chi connectivity index (χ0n) is 9.81. The lowest BCUT2D eigenvalue weighted by atomic mass is 10.1. The molecule has 0 spiro atoms. The van der Waals surface area contributed by atoms with Crippen molar-refractivity contribution < 1.29 is 14.6 Å². The molecule has 0 unspecified atom stereocenters. The largest absolute Gasteiger partial charge is 0.491 e. The molecule has 0 saturated carbocycles. The van der Waals surface area contributed by atoms with Crippen LogP contribution >= 0.6 is 0 Å². The van der Waals surface area contributed by atoms with Gasteiger partial charge in [0.1, 0.15) is 12.4 Å². The van der Waals surface area contributed by atoms with Gasteiger partial charge in [-0.05, 0) is 42.0 Å². The second kappa shape index (κ2) is 5.55. The van der Waals surface area contributed by atoms with Crippen LogP contribution in [0.4, 0.5) is 0 Å². The lowest BCUT2D eigenvalue weighted by Crippen LogP contribution is -2.06. The molecule has 3 heteroatoms. The molecular weight excluding hydrogens is 216 g/mol. The van der Waals surface area contributed by atoms with Crippen LogP contribution in [0.2, 0.25) is 0 Å². The molecule has 0 amide bonds. The normalized spacial score (nSPS) is 10.6. The van der Waals surface area contributed by atoms with Crippen LogP contribution in [-0.2, 0) is 9.84 Å². The standard InChI is InChI=1S/C14H15O3/c1-2-16-7-8-17-14-6-4-11-3-5-13(15)9-12(11)10-14/h3-6,9-10H,2,7-8H2,1H3. The lowest BCUT2D eigenvalue weighted by molar-refractivity contribution is 0.110. The van der Waals surface area contributed by atoms with E-state index in [0.717, 1.165) is 16.5 Å². The molecule has 89 valence electrons. The van der Waals surface area contributed by atoms with Gasteiger partial charge in [-0.1, -0.05) is 12.1 Å². The number of fused-ring (bicyclic) bond motifs is 1. The molecule has 0 atom stereocenters. The van der Waals surface area contributed by atoms with E-state index in [4.69, 9.17) is 9.47 Å². The van der Waals surface area contributed by atoms with Crippen molar-refractivity contribution in [1.29, 1.82) is 0 Å². The van der Waals surface area contributed by atoms with E-state index in [2.05, 4.69) is 0 Å². The first-order chi connectivity index (χ1) is 8.29.